The van der Waals surface area contributed by atoms with Crippen LogP contribution in [0.25, 0.3) is 10.9 Å². The number of rotatable bonds is 5. The Labute approximate surface area is 159 Å². The first-order chi connectivity index (χ1) is 12.8. The topological polar surface area (TPSA) is 94.1 Å². The highest BCUT2D eigenvalue weighted by Gasteiger charge is 2.25. The molecule has 0 radical (unpaired) electrons. The molecule has 3 rings (SSSR count). The molecule has 3 aromatic rings. The predicted molar refractivity (Wildman–Crippen MR) is 102 cm³/mol. The number of nitrogens with zero attached hydrogens (tertiary/aromatic N) is 2. The van der Waals surface area contributed by atoms with E-state index in [1.54, 1.807) is 39.0 Å². The first-order valence-corrected chi connectivity index (χ1v) is 8.75. The molecule has 27 heavy (non-hydrogen) atoms. The van der Waals surface area contributed by atoms with Crippen LogP contribution in [-0.4, -0.2) is 32.9 Å². The molecule has 7 nitrogen and oxygen atoms in total. The van der Waals surface area contributed by atoms with Crippen LogP contribution in [0.5, 0.6) is 0 Å². The van der Waals surface area contributed by atoms with Gasteiger partial charge in [-0.15, -0.1) is 0 Å². The minimum atomic E-state index is -0.568. The fourth-order valence-corrected chi connectivity index (χ4v) is 3.23. The molecule has 2 aromatic heterocycles. The van der Waals surface area contributed by atoms with Gasteiger partial charge in [-0.2, -0.15) is 0 Å². The molecule has 0 spiro atoms. The zero-order valence-corrected chi connectivity index (χ0v) is 15.9. The molecule has 0 unspecified atom stereocenters. The zero-order valence-electron chi connectivity index (χ0n) is 15.1. The van der Waals surface area contributed by atoms with E-state index in [4.69, 9.17) is 16.3 Å². The van der Waals surface area contributed by atoms with Gasteiger partial charge < -0.3 is 9.72 Å². The number of halogens is 1. The van der Waals surface area contributed by atoms with Crippen LogP contribution in [0.1, 0.15) is 39.0 Å². The van der Waals surface area contributed by atoms with E-state index in [-0.39, 0.29) is 35.6 Å². The number of nitrogens with one attached hydrogen (secondary N) is 1. The number of esters is 1. The Balaban J connectivity index is 2.01. The number of hydrogen-bond acceptors (Lipinski definition) is 5. The summed E-state index contributed by atoms with van der Waals surface area (Å²) in [6.45, 7) is 5.05. The molecular weight excluding hydrogens is 370 g/mol. The molecule has 8 heteroatoms. The van der Waals surface area contributed by atoms with Crippen LogP contribution in [0.3, 0.4) is 0 Å². The SMILES string of the molecule is CCOC(=O)c1c(C)[nH]c(C)c1C(=O)Cn1cnc2cc(Cl)ccc2c1=O. The van der Waals surface area contributed by atoms with Gasteiger partial charge in [-0.3, -0.25) is 14.2 Å². The van der Waals surface area contributed by atoms with Crippen LogP contribution in [-0.2, 0) is 11.3 Å². The van der Waals surface area contributed by atoms with Crippen molar-refractivity contribution in [2.75, 3.05) is 6.61 Å². The fourth-order valence-electron chi connectivity index (χ4n) is 3.07. The monoisotopic (exact) mass is 387 g/mol. The molecule has 0 saturated carbocycles. The van der Waals surface area contributed by atoms with Gasteiger partial charge in [-0.05, 0) is 39.0 Å². The summed E-state index contributed by atoms with van der Waals surface area (Å²) in [6, 6.07) is 4.75. The first-order valence-electron chi connectivity index (χ1n) is 8.37. The van der Waals surface area contributed by atoms with Crippen LogP contribution in [0.2, 0.25) is 5.02 Å². The van der Waals surface area contributed by atoms with E-state index in [0.29, 0.717) is 27.3 Å². The summed E-state index contributed by atoms with van der Waals surface area (Å²) in [5, 5.41) is 0.836. The predicted octanol–water partition coefficient (Wildman–Crippen LogP) is 3.05. The van der Waals surface area contributed by atoms with Crippen LogP contribution in [0.4, 0.5) is 0 Å². The standard InChI is InChI=1S/C19H18ClN3O4/c1-4-27-19(26)17-11(3)22-10(2)16(17)15(24)8-23-9-21-14-7-12(20)5-6-13(14)18(23)25/h5-7,9,22H,4,8H2,1-3H3. The molecule has 0 aliphatic rings. The quantitative estimate of drug-likeness (QED) is 0.536. The van der Waals surface area contributed by atoms with E-state index >= 15 is 0 Å². The van der Waals surface area contributed by atoms with Crippen molar-refractivity contribution in [2.24, 2.45) is 0 Å². The maximum Gasteiger partial charge on any atom is 0.340 e. The van der Waals surface area contributed by atoms with Crippen molar-refractivity contribution in [3.05, 3.63) is 62.4 Å². The van der Waals surface area contributed by atoms with E-state index in [1.165, 1.54) is 10.9 Å². The van der Waals surface area contributed by atoms with Gasteiger partial charge in [0.25, 0.3) is 5.56 Å². The maximum atomic E-state index is 12.9. The summed E-state index contributed by atoms with van der Waals surface area (Å²) in [5.74, 6) is -0.946. The Morgan fingerprint density at radius 2 is 1.93 bits per heavy atom. The highest BCUT2D eigenvalue weighted by molar-refractivity contribution is 6.31. The molecule has 1 aromatic carbocycles. The third kappa shape index (κ3) is 3.50. The second kappa shape index (κ2) is 7.36. The van der Waals surface area contributed by atoms with E-state index in [2.05, 4.69) is 9.97 Å². The van der Waals surface area contributed by atoms with Gasteiger partial charge in [-0.1, -0.05) is 11.6 Å². The van der Waals surface area contributed by atoms with Crippen molar-refractivity contribution < 1.29 is 14.3 Å². The summed E-state index contributed by atoms with van der Waals surface area (Å²) in [6.07, 6.45) is 1.30. The lowest BCUT2D eigenvalue weighted by Gasteiger charge is -2.08. The number of fused-ring (bicyclic) bond motifs is 1. The molecule has 0 fully saturated rings. The Morgan fingerprint density at radius 1 is 1.22 bits per heavy atom. The maximum absolute atomic E-state index is 12.9. The van der Waals surface area contributed by atoms with E-state index in [1.807, 2.05) is 0 Å². The number of benzene rings is 1. The zero-order chi connectivity index (χ0) is 19.7. The van der Waals surface area contributed by atoms with Crippen molar-refractivity contribution in [1.82, 2.24) is 14.5 Å². The minimum absolute atomic E-state index is 0.201. The highest BCUT2D eigenvalue weighted by Crippen LogP contribution is 2.21. The van der Waals surface area contributed by atoms with Crippen LogP contribution >= 0.6 is 11.6 Å². The van der Waals surface area contributed by atoms with Crippen molar-refractivity contribution in [1.29, 1.82) is 0 Å². The van der Waals surface area contributed by atoms with Gasteiger partial charge in [0.2, 0.25) is 0 Å². The molecule has 2 heterocycles. The molecule has 0 aliphatic heterocycles. The molecule has 0 bridgehead atoms. The number of aryl methyl sites for hydroxylation is 2. The third-order valence-electron chi connectivity index (χ3n) is 4.23. The third-order valence-corrected chi connectivity index (χ3v) is 4.47. The van der Waals surface area contributed by atoms with Gasteiger partial charge in [0.05, 0.1) is 41.5 Å². The first kappa shape index (κ1) is 18.8. The summed E-state index contributed by atoms with van der Waals surface area (Å²) in [5.41, 5.74) is 1.63. The largest absolute Gasteiger partial charge is 0.462 e. The number of carbonyl (C=O) groups excluding carboxylic acids is 2. The van der Waals surface area contributed by atoms with Gasteiger partial charge in [0.1, 0.15) is 0 Å². The second-order valence-electron chi connectivity index (χ2n) is 6.11. The van der Waals surface area contributed by atoms with Gasteiger partial charge in [0.15, 0.2) is 5.78 Å². The molecule has 1 N–H and O–H groups in total. The van der Waals surface area contributed by atoms with Gasteiger partial charge in [-0.25, -0.2) is 9.78 Å². The number of ketones is 1. The average Bonchev–Trinajstić information content (AvgIpc) is 2.91. The Hall–Kier alpha value is -2.93. The average molecular weight is 388 g/mol. The number of aromatic amines is 1. The summed E-state index contributed by atoms with van der Waals surface area (Å²) in [4.78, 5) is 45.0. The lowest BCUT2D eigenvalue weighted by Crippen LogP contribution is -2.25. The second-order valence-corrected chi connectivity index (χ2v) is 6.54. The van der Waals surface area contributed by atoms with Crippen molar-refractivity contribution >= 4 is 34.3 Å². The highest BCUT2D eigenvalue weighted by atomic mass is 35.5. The Kier molecular flexibility index (Phi) is 5.14. The van der Waals surface area contributed by atoms with Crippen molar-refractivity contribution in [3.63, 3.8) is 0 Å². The number of ether oxygens (including phenoxy) is 1. The molecule has 0 aliphatic carbocycles. The lowest BCUT2D eigenvalue weighted by atomic mass is 10.0. The Morgan fingerprint density at radius 3 is 2.63 bits per heavy atom. The Bertz CT molecular complexity index is 1110. The van der Waals surface area contributed by atoms with E-state index in [9.17, 15) is 14.4 Å². The smallest absolute Gasteiger partial charge is 0.340 e. The normalized spacial score (nSPS) is 11.0. The molecule has 0 atom stereocenters. The molecule has 0 saturated heterocycles. The molecule has 0 amide bonds. The van der Waals surface area contributed by atoms with Gasteiger partial charge >= 0.3 is 5.97 Å². The van der Waals surface area contributed by atoms with Crippen LogP contribution in [0.15, 0.2) is 29.3 Å². The molecular formula is C19H18ClN3O4. The number of Topliss-reactive ketones (excluding diaryl/α,β-unsaturated/α-hetero) is 1. The summed E-state index contributed by atoms with van der Waals surface area (Å²) in [7, 11) is 0. The summed E-state index contributed by atoms with van der Waals surface area (Å²) < 4.78 is 6.27. The number of hydrogen-bond donors (Lipinski definition) is 1. The van der Waals surface area contributed by atoms with Crippen LogP contribution in [0, 0.1) is 13.8 Å². The number of H-pyrrole nitrogens is 1. The number of aromatic nitrogens is 3. The van der Waals surface area contributed by atoms with E-state index < -0.39 is 5.97 Å². The molecule has 140 valence electrons. The minimum Gasteiger partial charge on any atom is -0.462 e. The number of carbonyl (C=O) groups is 2. The van der Waals surface area contributed by atoms with Crippen LogP contribution < -0.4 is 5.56 Å². The summed E-state index contributed by atoms with van der Waals surface area (Å²) >= 11 is 5.92. The van der Waals surface area contributed by atoms with Gasteiger partial charge in [0, 0.05) is 16.4 Å². The lowest BCUT2D eigenvalue weighted by molar-refractivity contribution is 0.0522. The van der Waals surface area contributed by atoms with E-state index in [0.717, 1.165) is 0 Å². The fraction of sp³-hybridized carbons (Fsp3) is 0.263. The van der Waals surface area contributed by atoms with Crippen molar-refractivity contribution in [3.8, 4) is 0 Å². The van der Waals surface area contributed by atoms with Crippen molar-refractivity contribution in [2.45, 2.75) is 27.3 Å².